The topological polar surface area (TPSA) is 66.8 Å². The minimum absolute atomic E-state index is 0.219. The molecule has 21 heavy (non-hydrogen) atoms. The first-order chi connectivity index (χ1) is 9.99. The molecule has 0 saturated carbocycles. The first-order valence-corrected chi connectivity index (χ1v) is 7.12. The van der Waals surface area contributed by atoms with E-state index in [4.69, 9.17) is 4.74 Å². The number of likely N-dealkylation sites (tertiary alicyclic amines) is 1. The van der Waals surface area contributed by atoms with E-state index in [-0.39, 0.29) is 5.91 Å². The lowest BCUT2D eigenvalue weighted by atomic mass is 9.88. The molecule has 2 rings (SSSR count). The van der Waals surface area contributed by atoms with Crippen LogP contribution in [0.3, 0.4) is 0 Å². The van der Waals surface area contributed by atoms with Crippen LogP contribution in [0.4, 0.5) is 0 Å². The molecule has 0 aromatic heterocycles. The smallest absolute Gasteiger partial charge is 0.329 e. The van der Waals surface area contributed by atoms with Crippen molar-refractivity contribution in [2.75, 3.05) is 13.7 Å². The van der Waals surface area contributed by atoms with Crippen LogP contribution in [-0.2, 0) is 16.1 Å². The quantitative estimate of drug-likeness (QED) is 0.924. The van der Waals surface area contributed by atoms with Crippen molar-refractivity contribution in [2.45, 2.75) is 38.3 Å². The molecule has 1 N–H and O–H groups in total. The number of carboxylic acids is 1. The molecule has 0 bridgehead atoms. The van der Waals surface area contributed by atoms with E-state index in [0.717, 1.165) is 18.4 Å². The second-order valence-corrected chi connectivity index (χ2v) is 5.62. The Labute approximate surface area is 124 Å². The molecule has 1 fully saturated rings. The molecule has 1 aromatic rings. The van der Waals surface area contributed by atoms with Gasteiger partial charge in [0.1, 0.15) is 5.54 Å². The number of carboxylic acid groups (broad SMARTS) is 1. The summed E-state index contributed by atoms with van der Waals surface area (Å²) >= 11 is 0. The summed E-state index contributed by atoms with van der Waals surface area (Å²) in [6.45, 7) is 2.61. The molecule has 1 saturated heterocycles. The van der Waals surface area contributed by atoms with E-state index in [1.165, 1.54) is 4.90 Å². The van der Waals surface area contributed by atoms with Gasteiger partial charge >= 0.3 is 5.97 Å². The zero-order valence-electron chi connectivity index (χ0n) is 12.5. The zero-order valence-corrected chi connectivity index (χ0v) is 12.5. The summed E-state index contributed by atoms with van der Waals surface area (Å²) in [4.78, 5) is 25.7. The van der Waals surface area contributed by atoms with Gasteiger partial charge in [-0.25, -0.2) is 4.79 Å². The number of hydrogen-bond acceptors (Lipinski definition) is 3. The summed E-state index contributed by atoms with van der Waals surface area (Å²) in [5, 5.41) is 9.47. The molecule has 1 unspecified atom stereocenters. The number of rotatable bonds is 4. The van der Waals surface area contributed by atoms with E-state index >= 15 is 0 Å². The fourth-order valence-corrected chi connectivity index (χ4v) is 2.73. The molecule has 5 nitrogen and oxygen atoms in total. The predicted molar refractivity (Wildman–Crippen MR) is 78.1 cm³/mol. The Morgan fingerprint density at radius 3 is 2.52 bits per heavy atom. The van der Waals surface area contributed by atoms with E-state index < -0.39 is 11.5 Å². The summed E-state index contributed by atoms with van der Waals surface area (Å²) in [5.41, 5.74) is 0.387. The number of amides is 1. The number of hydrogen-bond donors (Lipinski definition) is 1. The highest BCUT2D eigenvalue weighted by molar-refractivity contribution is 5.98. The lowest BCUT2D eigenvalue weighted by Gasteiger charge is -2.41. The van der Waals surface area contributed by atoms with Crippen LogP contribution in [0.2, 0.25) is 0 Å². The fraction of sp³-hybridized carbons (Fsp3) is 0.500. The highest BCUT2D eigenvalue weighted by Crippen LogP contribution is 2.29. The van der Waals surface area contributed by atoms with Crippen molar-refractivity contribution in [1.29, 1.82) is 0 Å². The maximum Gasteiger partial charge on any atom is 0.329 e. The van der Waals surface area contributed by atoms with Crippen LogP contribution < -0.4 is 0 Å². The first kappa shape index (κ1) is 15.5. The van der Waals surface area contributed by atoms with Crippen LogP contribution in [0.5, 0.6) is 0 Å². The van der Waals surface area contributed by atoms with Crippen molar-refractivity contribution >= 4 is 11.9 Å². The standard InChI is InChI=1S/C16H21NO4/c1-16(15(19)20)9-3-4-10-17(16)14(18)13-7-5-12(6-8-13)11-21-2/h5-8H,3-4,9-11H2,1-2H3,(H,19,20). The van der Waals surface area contributed by atoms with Gasteiger partial charge in [0.25, 0.3) is 5.91 Å². The molecule has 5 heteroatoms. The third kappa shape index (κ3) is 3.08. The molecule has 1 atom stereocenters. The molecule has 1 aliphatic rings. The van der Waals surface area contributed by atoms with Gasteiger partial charge in [-0.1, -0.05) is 12.1 Å². The average molecular weight is 291 g/mol. The lowest BCUT2D eigenvalue weighted by molar-refractivity contribution is -0.150. The number of nitrogens with zero attached hydrogens (tertiary/aromatic N) is 1. The zero-order chi connectivity index (χ0) is 15.5. The van der Waals surface area contributed by atoms with E-state index in [1.54, 1.807) is 26.2 Å². The molecule has 0 radical (unpaired) electrons. The Kier molecular flexibility index (Phi) is 4.63. The van der Waals surface area contributed by atoms with Crippen LogP contribution in [0.25, 0.3) is 0 Å². The molecular formula is C16H21NO4. The van der Waals surface area contributed by atoms with Crippen molar-refractivity contribution in [2.24, 2.45) is 0 Å². The summed E-state index contributed by atoms with van der Waals surface area (Å²) in [5.74, 6) is -1.16. The van der Waals surface area contributed by atoms with E-state index in [2.05, 4.69) is 0 Å². The SMILES string of the molecule is COCc1ccc(C(=O)N2CCCCC2(C)C(=O)O)cc1. The van der Waals surface area contributed by atoms with Gasteiger partial charge in [0.05, 0.1) is 6.61 Å². The number of benzene rings is 1. The number of methoxy groups -OCH3 is 1. The highest BCUT2D eigenvalue weighted by atomic mass is 16.5. The van der Waals surface area contributed by atoms with E-state index in [9.17, 15) is 14.7 Å². The Morgan fingerprint density at radius 1 is 1.29 bits per heavy atom. The Balaban J connectivity index is 2.22. The largest absolute Gasteiger partial charge is 0.480 e. The number of piperidine rings is 1. The summed E-state index contributed by atoms with van der Waals surface area (Å²) < 4.78 is 5.04. The van der Waals surface area contributed by atoms with Crippen molar-refractivity contribution in [3.05, 3.63) is 35.4 Å². The third-order valence-corrected chi connectivity index (χ3v) is 4.11. The van der Waals surface area contributed by atoms with Gasteiger partial charge in [-0.15, -0.1) is 0 Å². The van der Waals surface area contributed by atoms with Crippen LogP contribution in [0, 0.1) is 0 Å². The van der Waals surface area contributed by atoms with Gasteiger partial charge in [0, 0.05) is 19.2 Å². The minimum Gasteiger partial charge on any atom is -0.480 e. The van der Waals surface area contributed by atoms with Crippen LogP contribution in [-0.4, -0.2) is 41.1 Å². The van der Waals surface area contributed by atoms with Crippen molar-refractivity contribution in [1.82, 2.24) is 4.90 Å². The van der Waals surface area contributed by atoms with Gasteiger partial charge in [-0.3, -0.25) is 4.79 Å². The Morgan fingerprint density at radius 2 is 1.95 bits per heavy atom. The molecule has 1 aromatic carbocycles. The summed E-state index contributed by atoms with van der Waals surface area (Å²) in [7, 11) is 1.62. The number of carbonyl (C=O) groups excluding carboxylic acids is 1. The number of aliphatic carboxylic acids is 1. The summed E-state index contributed by atoms with van der Waals surface area (Å²) in [6.07, 6.45) is 2.17. The molecule has 0 spiro atoms. The second-order valence-electron chi connectivity index (χ2n) is 5.62. The van der Waals surface area contributed by atoms with Gasteiger partial charge in [0.2, 0.25) is 0 Å². The average Bonchev–Trinajstić information content (AvgIpc) is 2.48. The number of carbonyl (C=O) groups is 2. The van der Waals surface area contributed by atoms with Crippen LogP contribution >= 0.6 is 0 Å². The Bertz CT molecular complexity index is 526. The van der Waals surface area contributed by atoms with Gasteiger partial charge in [0.15, 0.2) is 0 Å². The molecular weight excluding hydrogens is 270 g/mol. The van der Waals surface area contributed by atoms with Crippen molar-refractivity contribution in [3.63, 3.8) is 0 Å². The monoisotopic (exact) mass is 291 g/mol. The molecule has 1 amide bonds. The predicted octanol–water partition coefficient (Wildman–Crippen LogP) is 2.30. The molecule has 1 heterocycles. The summed E-state index contributed by atoms with van der Waals surface area (Å²) in [6, 6.07) is 7.12. The van der Waals surface area contributed by atoms with Gasteiger partial charge in [-0.05, 0) is 43.9 Å². The van der Waals surface area contributed by atoms with Crippen molar-refractivity contribution < 1.29 is 19.4 Å². The lowest BCUT2D eigenvalue weighted by Crippen LogP contribution is -2.57. The van der Waals surface area contributed by atoms with Crippen molar-refractivity contribution in [3.8, 4) is 0 Å². The highest BCUT2D eigenvalue weighted by Gasteiger charge is 2.44. The van der Waals surface area contributed by atoms with Crippen LogP contribution in [0.15, 0.2) is 24.3 Å². The molecule has 1 aliphatic heterocycles. The maximum atomic E-state index is 12.6. The minimum atomic E-state index is -1.11. The maximum absolute atomic E-state index is 12.6. The fourth-order valence-electron chi connectivity index (χ4n) is 2.73. The molecule has 0 aliphatic carbocycles. The number of ether oxygens (including phenoxy) is 1. The normalized spacial score (nSPS) is 22.1. The first-order valence-electron chi connectivity index (χ1n) is 7.12. The second kappa shape index (κ2) is 6.26. The van der Waals surface area contributed by atoms with Crippen LogP contribution in [0.1, 0.15) is 42.1 Å². The third-order valence-electron chi connectivity index (χ3n) is 4.11. The molecule has 114 valence electrons. The van der Waals surface area contributed by atoms with E-state index in [0.29, 0.717) is 25.1 Å². The van der Waals surface area contributed by atoms with Gasteiger partial charge < -0.3 is 14.7 Å². The van der Waals surface area contributed by atoms with Gasteiger partial charge in [-0.2, -0.15) is 0 Å². The van der Waals surface area contributed by atoms with E-state index in [1.807, 2.05) is 12.1 Å². The Hall–Kier alpha value is -1.88.